The molecule has 0 radical (unpaired) electrons. The third kappa shape index (κ3) is 3.94. The lowest BCUT2D eigenvalue weighted by Crippen LogP contribution is -2.47. The normalized spacial score (nSPS) is 21.6. The van der Waals surface area contributed by atoms with E-state index in [9.17, 15) is 13.5 Å². The lowest BCUT2D eigenvalue weighted by atomic mass is 9.83. The maximum Gasteiger partial charge on any atom is 0.246 e. The van der Waals surface area contributed by atoms with Gasteiger partial charge in [0.1, 0.15) is 22.2 Å². The number of nitrogens with one attached hydrogen (secondary N) is 2. The second kappa shape index (κ2) is 8.04. The fourth-order valence-electron chi connectivity index (χ4n) is 4.52. The molecule has 3 N–H and O–H groups in total. The molecule has 1 aromatic carbocycles. The van der Waals surface area contributed by atoms with E-state index >= 15 is 0 Å². The first-order chi connectivity index (χ1) is 15.7. The van der Waals surface area contributed by atoms with Crippen LogP contribution in [-0.2, 0) is 10.0 Å². The van der Waals surface area contributed by atoms with E-state index in [1.807, 2.05) is 24.3 Å². The first-order valence-corrected chi connectivity index (χ1v) is 12.2. The van der Waals surface area contributed by atoms with Crippen molar-refractivity contribution < 1.29 is 18.0 Å². The third-order valence-electron chi connectivity index (χ3n) is 6.04. The molecule has 0 spiro atoms. The first kappa shape index (κ1) is 21.7. The topological polar surface area (TPSA) is 152 Å². The number of hydrogen-bond donors (Lipinski definition) is 3. The molecule has 33 heavy (non-hydrogen) atoms. The molecule has 0 amide bonds. The summed E-state index contributed by atoms with van der Waals surface area (Å²) in [5, 5.41) is 18.9. The predicted octanol–water partition coefficient (Wildman–Crippen LogP) is 2.03. The Labute approximate surface area is 190 Å². The predicted molar refractivity (Wildman–Crippen MR) is 118 cm³/mol. The van der Waals surface area contributed by atoms with Crippen LogP contribution in [0.5, 0.6) is 0 Å². The van der Waals surface area contributed by atoms with E-state index in [0.717, 1.165) is 11.0 Å². The van der Waals surface area contributed by atoms with Crippen molar-refractivity contribution in [3.8, 4) is 5.95 Å². The molecule has 5 rings (SSSR count). The zero-order valence-electron chi connectivity index (χ0n) is 18.5. The summed E-state index contributed by atoms with van der Waals surface area (Å²) in [6.45, 7) is 4.93. The van der Waals surface area contributed by atoms with Crippen molar-refractivity contribution in [1.29, 1.82) is 0 Å². The second-order valence-corrected chi connectivity index (χ2v) is 10.1. The Morgan fingerprint density at radius 2 is 1.97 bits per heavy atom. The van der Waals surface area contributed by atoms with Crippen molar-refractivity contribution in [3.63, 3.8) is 0 Å². The Kier molecular flexibility index (Phi) is 5.30. The number of aromatic amines is 1. The van der Waals surface area contributed by atoms with Crippen molar-refractivity contribution in [2.45, 2.75) is 63.0 Å². The number of benzene rings is 1. The summed E-state index contributed by atoms with van der Waals surface area (Å²) >= 11 is 0. The van der Waals surface area contributed by atoms with Crippen LogP contribution in [0.1, 0.15) is 48.3 Å². The number of H-pyrrole nitrogens is 1. The highest BCUT2D eigenvalue weighted by molar-refractivity contribution is 7.89. The smallest absolute Gasteiger partial charge is 0.246 e. The van der Waals surface area contributed by atoms with Crippen LogP contribution in [0, 0.1) is 20.8 Å². The SMILES string of the molecule is Cc1nc([C@H]2CC[C@@H](O)[C@H](NS(=O)(=O)c3c(C)noc3C)C2)n(-c2nc3ccccc3[nH]2)n1. The molecule has 11 nitrogen and oxygen atoms in total. The Balaban J connectivity index is 1.44. The van der Waals surface area contributed by atoms with Gasteiger partial charge >= 0.3 is 0 Å². The van der Waals surface area contributed by atoms with E-state index in [1.54, 1.807) is 25.5 Å². The minimum absolute atomic E-state index is 0.0121. The lowest BCUT2D eigenvalue weighted by Gasteiger charge is -2.33. The quantitative estimate of drug-likeness (QED) is 0.400. The molecule has 3 heterocycles. The van der Waals surface area contributed by atoms with E-state index < -0.39 is 22.2 Å². The molecule has 1 aliphatic rings. The van der Waals surface area contributed by atoms with Crippen LogP contribution < -0.4 is 4.72 Å². The summed E-state index contributed by atoms with van der Waals surface area (Å²) in [5.74, 6) is 1.90. The first-order valence-electron chi connectivity index (χ1n) is 10.7. The van der Waals surface area contributed by atoms with Gasteiger partial charge in [0.2, 0.25) is 16.0 Å². The van der Waals surface area contributed by atoms with Crippen LogP contribution in [0.2, 0.25) is 0 Å². The van der Waals surface area contributed by atoms with Gasteiger partial charge < -0.3 is 14.6 Å². The minimum atomic E-state index is -3.92. The molecule has 1 fully saturated rings. The number of aliphatic hydroxyl groups is 1. The summed E-state index contributed by atoms with van der Waals surface area (Å²) in [6.07, 6.45) is 0.608. The van der Waals surface area contributed by atoms with Crippen LogP contribution in [0.4, 0.5) is 0 Å². The van der Waals surface area contributed by atoms with E-state index in [2.05, 4.69) is 29.9 Å². The minimum Gasteiger partial charge on any atom is -0.391 e. The van der Waals surface area contributed by atoms with Gasteiger partial charge in [-0.2, -0.15) is 4.68 Å². The lowest BCUT2D eigenvalue weighted by molar-refractivity contribution is 0.0917. The summed E-state index contributed by atoms with van der Waals surface area (Å²) in [5.41, 5.74) is 1.98. The number of rotatable bonds is 5. The molecular formula is C21H25N7O4S. The van der Waals surface area contributed by atoms with Gasteiger partial charge in [-0.3, -0.25) is 0 Å². The Morgan fingerprint density at radius 3 is 2.70 bits per heavy atom. The number of aliphatic hydroxyl groups excluding tert-OH is 1. The summed E-state index contributed by atoms with van der Waals surface area (Å²) in [6, 6.07) is 7.00. The van der Waals surface area contributed by atoms with Crippen molar-refractivity contribution in [2.75, 3.05) is 0 Å². The van der Waals surface area contributed by atoms with Gasteiger partial charge in [0, 0.05) is 12.0 Å². The van der Waals surface area contributed by atoms with E-state index in [1.165, 1.54) is 0 Å². The number of fused-ring (bicyclic) bond motifs is 1. The van der Waals surface area contributed by atoms with Gasteiger partial charge in [-0.15, -0.1) is 5.10 Å². The number of aromatic nitrogens is 6. The fourth-order valence-corrected chi connectivity index (χ4v) is 6.14. The molecular weight excluding hydrogens is 446 g/mol. The highest BCUT2D eigenvalue weighted by Gasteiger charge is 2.37. The molecule has 0 saturated heterocycles. The number of aryl methyl sites for hydroxylation is 3. The van der Waals surface area contributed by atoms with Gasteiger partial charge in [0.25, 0.3) is 0 Å². The highest BCUT2D eigenvalue weighted by atomic mass is 32.2. The molecule has 12 heteroatoms. The van der Waals surface area contributed by atoms with Crippen LogP contribution >= 0.6 is 0 Å². The third-order valence-corrected chi connectivity index (χ3v) is 7.77. The van der Waals surface area contributed by atoms with E-state index in [0.29, 0.717) is 36.9 Å². The van der Waals surface area contributed by atoms with E-state index in [4.69, 9.17) is 4.52 Å². The molecule has 0 aliphatic heterocycles. The zero-order chi connectivity index (χ0) is 23.3. The van der Waals surface area contributed by atoms with Crippen LogP contribution in [-0.4, -0.2) is 55.6 Å². The van der Waals surface area contributed by atoms with Crippen molar-refractivity contribution in [3.05, 3.63) is 47.4 Å². The van der Waals surface area contributed by atoms with Gasteiger partial charge in [-0.05, 0) is 52.2 Å². The summed E-state index contributed by atoms with van der Waals surface area (Å²) in [4.78, 5) is 12.5. The highest BCUT2D eigenvalue weighted by Crippen LogP contribution is 2.34. The molecule has 1 saturated carbocycles. The van der Waals surface area contributed by atoms with Gasteiger partial charge in [0.15, 0.2) is 5.76 Å². The van der Waals surface area contributed by atoms with Crippen LogP contribution in [0.25, 0.3) is 17.0 Å². The van der Waals surface area contributed by atoms with Crippen molar-refractivity contribution >= 4 is 21.1 Å². The number of nitrogens with zero attached hydrogens (tertiary/aromatic N) is 5. The average Bonchev–Trinajstić information content (AvgIpc) is 3.45. The van der Waals surface area contributed by atoms with Crippen molar-refractivity contribution in [2.24, 2.45) is 0 Å². The van der Waals surface area contributed by atoms with Gasteiger partial charge in [-0.25, -0.2) is 23.1 Å². The molecule has 3 aromatic heterocycles. The molecule has 0 unspecified atom stereocenters. The Bertz CT molecular complexity index is 1370. The summed E-state index contributed by atoms with van der Waals surface area (Å²) in [7, 11) is -3.92. The largest absolute Gasteiger partial charge is 0.391 e. The van der Waals surface area contributed by atoms with Gasteiger partial charge in [-0.1, -0.05) is 17.3 Å². The Hall–Kier alpha value is -3.09. The van der Waals surface area contributed by atoms with Crippen LogP contribution in [0.15, 0.2) is 33.7 Å². The maximum atomic E-state index is 13.0. The number of para-hydroxylation sites is 2. The molecule has 4 aromatic rings. The second-order valence-electron chi connectivity index (χ2n) is 8.46. The maximum absolute atomic E-state index is 13.0. The van der Waals surface area contributed by atoms with E-state index in [-0.39, 0.29) is 22.3 Å². The standard InChI is InChI=1S/C21H25N7O4S/c1-11-19(12(2)32-26-11)33(30,31)27-17-10-14(8-9-18(17)29)20-22-13(3)25-28(20)21-23-15-6-4-5-7-16(15)24-21/h4-7,14,17-18,27,29H,8-10H2,1-3H3,(H,23,24)/t14-,17+,18+/m0/s1. The average molecular weight is 472 g/mol. The number of hydrogen-bond acceptors (Lipinski definition) is 8. The Morgan fingerprint density at radius 1 is 1.18 bits per heavy atom. The number of imidazole rings is 1. The van der Waals surface area contributed by atoms with Crippen LogP contribution in [0.3, 0.4) is 0 Å². The molecule has 0 bridgehead atoms. The van der Waals surface area contributed by atoms with Crippen molar-refractivity contribution in [1.82, 2.24) is 34.6 Å². The zero-order valence-corrected chi connectivity index (χ0v) is 19.3. The fraction of sp³-hybridized carbons (Fsp3) is 0.429. The number of sulfonamides is 1. The summed E-state index contributed by atoms with van der Waals surface area (Å²) < 4.78 is 35.4. The van der Waals surface area contributed by atoms with Gasteiger partial charge in [0.05, 0.1) is 17.1 Å². The monoisotopic (exact) mass is 471 g/mol. The molecule has 1 aliphatic carbocycles. The molecule has 174 valence electrons. The molecule has 3 atom stereocenters.